The van der Waals surface area contributed by atoms with Gasteiger partial charge in [0, 0.05) is 18.3 Å². The number of pyridine rings is 2. The lowest BCUT2D eigenvalue weighted by molar-refractivity contribution is 0.0935. The second-order valence-electron chi connectivity index (χ2n) is 8.03. The summed E-state index contributed by atoms with van der Waals surface area (Å²) in [4.78, 5) is 31.0. The third-order valence-electron chi connectivity index (χ3n) is 6.04. The molecule has 1 atom stereocenters. The van der Waals surface area contributed by atoms with Gasteiger partial charge in [-0.15, -0.1) is 0 Å². The van der Waals surface area contributed by atoms with E-state index in [0.717, 1.165) is 37.7 Å². The van der Waals surface area contributed by atoms with Gasteiger partial charge in [-0.1, -0.05) is 25.8 Å². The number of rotatable bonds is 4. The molecule has 0 bridgehead atoms. The second kappa shape index (κ2) is 7.46. The summed E-state index contributed by atoms with van der Waals surface area (Å²) in [7, 11) is 0. The molecule has 4 rings (SSSR count). The van der Waals surface area contributed by atoms with Crippen LogP contribution in [0.5, 0.6) is 0 Å². The fraction of sp³-hybridized carbons (Fsp3) is 0.455. The monoisotopic (exact) mass is 393 g/mol. The summed E-state index contributed by atoms with van der Waals surface area (Å²) in [6.07, 6.45) is 6.60. The Labute approximate surface area is 168 Å². The number of hydrogen-bond donors (Lipinski definition) is 2. The molecule has 1 aliphatic rings. The van der Waals surface area contributed by atoms with E-state index in [1.165, 1.54) is 4.40 Å². The maximum Gasteiger partial charge on any atom is 0.267 e. The number of hydrogen-bond acceptors (Lipinski definition) is 4. The van der Waals surface area contributed by atoms with E-state index < -0.39 is 0 Å². The number of carbonyl (C=O) groups excluding carboxylic acids is 1. The Morgan fingerprint density at radius 2 is 2.07 bits per heavy atom. The summed E-state index contributed by atoms with van der Waals surface area (Å²) >= 11 is 0. The maximum absolute atomic E-state index is 13.3. The van der Waals surface area contributed by atoms with Gasteiger partial charge >= 0.3 is 0 Å². The highest BCUT2D eigenvalue weighted by molar-refractivity contribution is 5.97. The highest BCUT2D eigenvalue weighted by atomic mass is 16.2. The molecule has 0 saturated heterocycles. The summed E-state index contributed by atoms with van der Waals surface area (Å²) in [6, 6.07) is 5.35. The van der Waals surface area contributed by atoms with Gasteiger partial charge in [0.2, 0.25) is 0 Å². The summed E-state index contributed by atoms with van der Waals surface area (Å²) in [5, 5.41) is 12.2. The highest BCUT2D eigenvalue weighted by Crippen LogP contribution is 2.20. The van der Waals surface area contributed by atoms with E-state index in [1.807, 2.05) is 32.9 Å². The van der Waals surface area contributed by atoms with Crippen molar-refractivity contribution in [1.82, 2.24) is 19.3 Å². The predicted octanol–water partition coefficient (Wildman–Crippen LogP) is 3.08. The standard InChI is InChI=1S/C22H27N5O2/c1-4-14(3)27-18(23)16(21(28)24-15-9-5-6-10-15)12-17-20(27)25-19-13(2)8-7-11-26(19)22(17)29/h7-8,11-12,14-15,23H,4-6,9-10H2,1-3H3,(H,24,28). The van der Waals surface area contributed by atoms with Crippen LogP contribution >= 0.6 is 0 Å². The van der Waals surface area contributed by atoms with Crippen LogP contribution in [0.1, 0.15) is 67.9 Å². The van der Waals surface area contributed by atoms with Crippen molar-refractivity contribution >= 4 is 22.6 Å². The lowest BCUT2D eigenvalue weighted by atomic mass is 10.1. The zero-order valence-electron chi connectivity index (χ0n) is 17.2. The number of fused-ring (bicyclic) bond motifs is 2. The van der Waals surface area contributed by atoms with Gasteiger partial charge in [0.15, 0.2) is 0 Å². The van der Waals surface area contributed by atoms with Gasteiger partial charge in [0.1, 0.15) is 16.8 Å². The van der Waals surface area contributed by atoms with E-state index >= 15 is 0 Å². The summed E-state index contributed by atoms with van der Waals surface area (Å²) < 4.78 is 3.24. The van der Waals surface area contributed by atoms with Crippen molar-refractivity contribution in [2.45, 2.75) is 65.0 Å². The molecule has 29 heavy (non-hydrogen) atoms. The summed E-state index contributed by atoms with van der Waals surface area (Å²) in [5.74, 6) is -0.283. The van der Waals surface area contributed by atoms with Crippen molar-refractivity contribution < 1.29 is 4.79 Å². The van der Waals surface area contributed by atoms with Gasteiger partial charge in [-0.2, -0.15) is 0 Å². The van der Waals surface area contributed by atoms with Crippen LogP contribution in [-0.4, -0.2) is 25.9 Å². The maximum atomic E-state index is 13.3. The van der Waals surface area contributed by atoms with E-state index in [0.29, 0.717) is 16.7 Å². The zero-order valence-corrected chi connectivity index (χ0v) is 17.2. The first-order chi connectivity index (χ1) is 13.9. The minimum atomic E-state index is -0.283. The summed E-state index contributed by atoms with van der Waals surface area (Å²) in [5.41, 5.74) is 2.03. The topological polar surface area (TPSA) is 92.2 Å². The largest absolute Gasteiger partial charge is 0.349 e. The number of aromatic nitrogens is 3. The van der Waals surface area contributed by atoms with Crippen LogP contribution in [-0.2, 0) is 0 Å². The molecule has 0 aliphatic heterocycles. The van der Waals surface area contributed by atoms with Gasteiger partial charge < -0.3 is 9.88 Å². The minimum Gasteiger partial charge on any atom is -0.349 e. The average Bonchev–Trinajstić information content (AvgIpc) is 3.21. The van der Waals surface area contributed by atoms with Gasteiger partial charge in [0.25, 0.3) is 11.5 Å². The fourth-order valence-electron chi connectivity index (χ4n) is 4.18. The first kappa shape index (κ1) is 19.4. The quantitative estimate of drug-likeness (QED) is 0.667. The first-order valence-electron chi connectivity index (χ1n) is 10.3. The third-order valence-corrected chi connectivity index (χ3v) is 6.04. The molecular formula is C22H27N5O2. The summed E-state index contributed by atoms with van der Waals surface area (Å²) in [6.45, 7) is 5.91. The van der Waals surface area contributed by atoms with Crippen molar-refractivity contribution in [3.8, 4) is 0 Å². The van der Waals surface area contributed by atoms with Crippen molar-refractivity contribution in [2.75, 3.05) is 0 Å². The molecule has 152 valence electrons. The molecule has 1 amide bonds. The molecule has 0 radical (unpaired) electrons. The van der Waals surface area contributed by atoms with E-state index in [9.17, 15) is 9.59 Å². The van der Waals surface area contributed by atoms with Gasteiger partial charge in [0.05, 0.1) is 10.9 Å². The Kier molecular flexibility index (Phi) is 4.98. The number of carbonyl (C=O) groups is 1. The lowest BCUT2D eigenvalue weighted by Gasteiger charge is -2.20. The number of aryl methyl sites for hydroxylation is 1. The van der Waals surface area contributed by atoms with Crippen LogP contribution in [0.15, 0.2) is 29.2 Å². The SMILES string of the molecule is CCC(C)n1c(=N)c(C(=O)NC2CCCC2)cc2c(=O)n3cccc(C)c3nc21. The molecule has 3 aromatic heterocycles. The van der Waals surface area contributed by atoms with Crippen LogP contribution < -0.4 is 16.4 Å². The van der Waals surface area contributed by atoms with Gasteiger partial charge in [-0.05, 0) is 50.8 Å². The molecule has 1 fully saturated rings. The molecule has 3 heterocycles. The molecule has 1 saturated carbocycles. The molecular weight excluding hydrogens is 366 g/mol. The Balaban J connectivity index is 2.01. The fourth-order valence-corrected chi connectivity index (χ4v) is 4.18. The molecule has 7 heteroatoms. The zero-order chi connectivity index (χ0) is 20.7. The normalized spacial score (nSPS) is 15.8. The van der Waals surface area contributed by atoms with Crippen LogP contribution in [0.3, 0.4) is 0 Å². The van der Waals surface area contributed by atoms with E-state index in [2.05, 4.69) is 5.32 Å². The van der Waals surface area contributed by atoms with Crippen LogP contribution in [0.25, 0.3) is 16.7 Å². The molecule has 7 nitrogen and oxygen atoms in total. The van der Waals surface area contributed by atoms with E-state index in [-0.39, 0.29) is 34.6 Å². The minimum absolute atomic E-state index is 0.0670. The molecule has 1 unspecified atom stereocenters. The molecule has 2 N–H and O–H groups in total. The Bertz CT molecular complexity index is 1220. The first-order valence-corrected chi connectivity index (χ1v) is 10.3. The lowest BCUT2D eigenvalue weighted by Crippen LogP contribution is -2.39. The smallest absolute Gasteiger partial charge is 0.267 e. The Morgan fingerprint density at radius 3 is 2.76 bits per heavy atom. The Hall–Kier alpha value is -2.96. The number of nitrogens with zero attached hydrogens (tertiary/aromatic N) is 3. The molecule has 0 spiro atoms. The number of nitrogens with one attached hydrogen (secondary N) is 2. The van der Waals surface area contributed by atoms with Crippen molar-refractivity contribution in [3.63, 3.8) is 0 Å². The Morgan fingerprint density at radius 1 is 1.34 bits per heavy atom. The van der Waals surface area contributed by atoms with Crippen LogP contribution in [0, 0.1) is 12.3 Å². The predicted molar refractivity (Wildman–Crippen MR) is 112 cm³/mol. The molecule has 1 aliphatic carbocycles. The van der Waals surface area contributed by atoms with Crippen molar-refractivity contribution in [1.29, 1.82) is 5.41 Å². The number of amides is 1. The van der Waals surface area contributed by atoms with Gasteiger partial charge in [-0.3, -0.25) is 19.4 Å². The van der Waals surface area contributed by atoms with Crippen molar-refractivity contribution in [2.24, 2.45) is 0 Å². The van der Waals surface area contributed by atoms with E-state index in [1.54, 1.807) is 16.8 Å². The highest BCUT2D eigenvalue weighted by Gasteiger charge is 2.23. The average molecular weight is 393 g/mol. The van der Waals surface area contributed by atoms with Crippen molar-refractivity contribution in [3.05, 3.63) is 51.4 Å². The van der Waals surface area contributed by atoms with E-state index in [4.69, 9.17) is 10.4 Å². The molecule has 0 aromatic carbocycles. The van der Waals surface area contributed by atoms with Crippen LogP contribution in [0.2, 0.25) is 0 Å². The molecule has 3 aromatic rings. The second-order valence-corrected chi connectivity index (χ2v) is 8.03. The third kappa shape index (κ3) is 3.24. The van der Waals surface area contributed by atoms with Crippen LogP contribution in [0.4, 0.5) is 0 Å². The van der Waals surface area contributed by atoms with Gasteiger partial charge in [-0.25, -0.2) is 4.98 Å².